The Bertz CT molecular complexity index is 3070. The predicted octanol–water partition coefficient (Wildman–Crippen LogP) is 13.8. The van der Waals surface area contributed by atoms with Gasteiger partial charge in [-0.3, -0.25) is 0 Å². The molecule has 1 unspecified atom stereocenters. The molecule has 2 nitrogen and oxygen atoms in total. The van der Waals surface area contributed by atoms with Crippen molar-refractivity contribution >= 4 is 28.0 Å². The van der Waals surface area contributed by atoms with Crippen molar-refractivity contribution in [3.8, 4) is 39.1 Å². The van der Waals surface area contributed by atoms with Crippen molar-refractivity contribution in [1.29, 1.82) is 0 Å². The fraction of sp³-hybridized carbons (Fsp3) is 0.0741. The van der Waals surface area contributed by atoms with Crippen molar-refractivity contribution in [3.63, 3.8) is 0 Å². The van der Waals surface area contributed by atoms with Crippen LogP contribution >= 0.6 is 0 Å². The van der Waals surface area contributed by atoms with E-state index in [1.807, 2.05) is 0 Å². The second kappa shape index (κ2) is 11.3. The molecule has 0 N–H and O–H groups in total. The van der Waals surface area contributed by atoms with Gasteiger partial charge < -0.3 is 9.47 Å². The molecule has 2 heterocycles. The van der Waals surface area contributed by atoms with Gasteiger partial charge in [0.2, 0.25) is 0 Å². The minimum atomic E-state index is -0.482. The van der Waals surface area contributed by atoms with Gasteiger partial charge in [0.25, 0.3) is 0 Å². The van der Waals surface area contributed by atoms with Crippen molar-refractivity contribution < 1.29 is 0 Å². The lowest BCUT2D eigenvalue weighted by Gasteiger charge is -2.32. The number of anilines is 3. The van der Waals surface area contributed by atoms with Gasteiger partial charge in [0.1, 0.15) is 0 Å². The summed E-state index contributed by atoms with van der Waals surface area (Å²) in [5.41, 5.74) is 21.0. The molecule has 264 valence electrons. The van der Waals surface area contributed by atoms with E-state index in [0.29, 0.717) is 0 Å². The Morgan fingerprint density at radius 1 is 0.411 bits per heavy atom. The Kier molecular flexibility index (Phi) is 6.36. The first-order valence-electron chi connectivity index (χ1n) is 19.7. The molecule has 1 atom stereocenters. The van der Waals surface area contributed by atoms with E-state index < -0.39 is 5.41 Å². The molecule has 3 aliphatic rings. The minimum absolute atomic E-state index is 0.128. The first kappa shape index (κ1) is 31.5. The third-order valence-corrected chi connectivity index (χ3v) is 13.0. The van der Waals surface area contributed by atoms with E-state index in [9.17, 15) is 0 Å². The van der Waals surface area contributed by atoms with Crippen LogP contribution in [0, 0.1) is 0 Å². The summed E-state index contributed by atoms with van der Waals surface area (Å²) in [6, 6.07) is 72.5. The average molecular weight is 715 g/mol. The standard InChI is InChI=1S/C54H38N2/c1-53(2)44-22-10-7-20-40(44)42-30-28-37(33-47(42)53)55(50-26-14-9-19-39(50)35-16-4-3-5-17-35)38-29-31-43-41-21-8-11-23-45(41)54(48(43)34-38)46-24-12-15-27-51(46)56-49-25-13-6-18-36(49)32-52(54)56/h3-34H,1-2H3. The van der Waals surface area contributed by atoms with E-state index in [0.717, 1.165) is 17.1 Å². The van der Waals surface area contributed by atoms with Crippen LogP contribution in [0.25, 0.3) is 50.0 Å². The van der Waals surface area contributed by atoms with Crippen LogP contribution in [0.15, 0.2) is 194 Å². The van der Waals surface area contributed by atoms with E-state index in [4.69, 9.17) is 0 Å². The first-order valence-corrected chi connectivity index (χ1v) is 19.7. The van der Waals surface area contributed by atoms with Gasteiger partial charge in [-0.15, -0.1) is 0 Å². The van der Waals surface area contributed by atoms with E-state index >= 15 is 0 Å². The number of para-hydroxylation sites is 3. The van der Waals surface area contributed by atoms with Crippen LogP contribution in [0.5, 0.6) is 0 Å². The molecule has 1 aromatic heterocycles. The summed E-state index contributed by atoms with van der Waals surface area (Å²) in [7, 11) is 0. The normalized spacial score (nSPS) is 16.2. The molecule has 0 amide bonds. The molecular weight excluding hydrogens is 677 g/mol. The van der Waals surface area contributed by atoms with Crippen LogP contribution in [0.1, 0.15) is 47.4 Å². The van der Waals surface area contributed by atoms with Gasteiger partial charge >= 0.3 is 0 Å². The smallest absolute Gasteiger partial charge is 0.0890 e. The number of nitrogens with zero attached hydrogens (tertiary/aromatic N) is 2. The molecule has 0 bridgehead atoms. The Labute approximate surface area is 327 Å². The van der Waals surface area contributed by atoms with Crippen LogP contribution in [0.2, 0.25) is 0 Å². The summed E-state index contributed by atoms with van der Waals surface area (Å²) in [5, 5.41) is 1.26. The van der Waals surface area contributed by atoms with Crippen LogP contribution in [-0.4, -0.2) is 4.57 Å². The molecule has 0 saturated heterocycles. The van der Waals surface area contributed by atoms with Gasteiger partial charge in [0.05, 0.1) is 22.3 Å². The van der Waals surface area contributed by atoms with Gasteiger partial charge in [-0.05, 0) is 104 Å². The Morgan fingerprint density at radius 2 is 0.964 bits per heavy atom. The van der Waals surface area contributed by atoms with Crippen LogP contribution in [0.3, 0.4) is 0 Å². The minimum Gasteiger partial charge on any atom is -0.312 e. The van der Waals surface area contributed by atoms with Gasteiger partial charge in [-0.1, -0.05) is 159 Å². The molecular formula is C54H38N2. The van der Waals surface area contributed by atoms with E-state index in [1.165, 1.54) is 83.5 Å². The van der Waals surface area contributed by atoms with Gasteiger partial charge in [-0.25, -0.2) is 0 Å². The second-order valence-electron chi connectivity index (χ2n) is 16.1. The van der Waals surface area contributed by atoms with Crippen LogP contribution in [0.4, 0.5) is 17.1 Å². The summed E-state index contributed by atoms with van der Waals surface area (Å²) >= 11 is 0. The fourth-order valence-corrected chi connectivity index (χ4v) is 10.6. The summed E-state index contributed by atoms with van der Waals surface area (Å²) in [4.78, 5) is 2.51. The van der Waals surface area contributed by atoms with Gasteiger partial charge in [0, 0.05) is 33.4 Å². The molecule has 1 spiro atoms. The van der Waals surface area contributed by atoms with Crippen LogP contribution in [-0.2, 0) is 10.8 Å². The summed E-state index contributed by atoms with van der Waals surface area (Å²) in [6.45, 7) is 4.74. The number of aromatic nitrogens is 1. The number of fused-ring (bicyclic) bond motifs is 15. The lowest BCUT2D eigenvalue weighted by molar-refractivity contribution is 0.660. The fourth-order valence-electron chi connectivity index (χ4n) is 10.6. The highest BCUT2D eigenvalue weighted by molar-refractivity contribution is 5.97. The van der Waals surface area contributed by atoms with E-state index in [2.05, 4.69) is 217 Å². The molecule has 0 saturated carbocycles. The van der Waals surface area contributed by atoms with Crippen LogP contribution < -0.4 is 4.90 Å². The SMILES string of the molecule is CC1(C)c2ccccc2-c2ccc(N(c3ccc4c(c3)C3(c5ccccc5-4)c4ccccc4-n4c3cc3ccccc34)c3ccccc3-c3ccccc3)cc21. The number of hydrogen-bond acceptors (Lipinski definition) is 1. The van der Waals surface area contributed by atoms with Crippen molar-refractivity contribution in [3.05, 3.63) is 228 Å². The molecule has 2 aliphatic carbocycles. The molecule has 12 rings (SSSR count). The quantitative estimate of drug-likeness (QED) is 0.176. The summed E-state index contributed by atoms with van der Waals surface area (Å²) in [5.74, 6) is 0. The average Bonchev–Trinajstić information content (AvgIpc) is 3.93. The predicted molar refractivity (Wildman–Crippen MR) is 232 cm³/mol. The maximum Gasteiger partial charge on any atom is 0.0890 e. The van der Waals surface area contributed by atoms with Gasteiger partial charge in [0.15, 0.2) is 0 Å². The summed E-state index contributed by atoms with van der Waals surface area (Å²) in [6.07, 6.45) is 0. The summed E-state index contributed by atoms with van der Waals surface area (Å²) < 4.78 is 2.52. The molecule has 0 radical (unpaired) electrons. The second-order valence-corrected chi connectivity index (χ2v) is 16.1. The zero-order valence-corrected chi connectivity index (χ0v) is 31.4. The molecule has 56 heavy (non-hydrogen) atoms. The number of rotatable bonds is 4. The molecule has 9 aromatic rings. The molecule has 0 fully saturated rings. The first-order chi connectivity index (χ1) is 27.5. The topological polar surface area (TPSA) is 8.17 Å². The van der Waals surface area contributed by atoms with Gasteiger partial charge in [-0.2, -0.15) is 0 Å². The number of hydrogen-bond donors (Lipinski definition) is 0. The highest BCUT2D eigenvalue weighted by Gasteiger charge is 2.53. The largest absolute Gasteiger partial charge is 0.312 e. The lowest BCUT2D eigenvalue weighted by Crippen LogP contribution is -2.26. The number of benzene rings is 8. The molecule has 1 aliphatic heterocycles. The maximum absolute atomic E-state index is 2.52. The van der Waals surface area contributed by atoms with Crippen molar-refractivity contribution in [2.75, 3.05) is 4.90 Å². The molecule has 2 heteroatoms. The third-order valence-electron chi connectivity index (χ3n) is 13.0. The van der Waals surface area contributed by atoms with Crippen molar-refractivity contribution in [1.82, 2.24) is 4.57 Å². The molecule has 8 aromatic carbocycles. The highest BCUT2D eigenvalue weighted by Crippen LogP contribution is 2.62. The Hall–Kier alpha value is -6.90. The monoisotopic (exact) mass is 714 g/mol. The lowest BCUT2D eigenvalue weighted by atomic mass is 9.71. The van der Waals surface area contributed by atoms with Crippen molar-refractivity contribution in [2.45, 2.75) is 24.7 Å². The third kappa shape index (κ3) is 4.00. The van der Waals surface area contributed by atoms with E-state index in [-0.39, 0.29) is 5.41 Å². The highest BCUT2D eigenvalue weighted by atomic mass is 15.1. The zero-order valence-electron chi connectivity index (χ0n) is 31.4. The maximum atomic E-state index is 2.52. The Morgan fingerprint density at radius 3 is 1.75 bits per heavy atom. The van der Waals surface area contributed by atoms with Crippen molar-refractivity contribution in [2.24, 2.45) is 0 Å². The van der Waals surface area contributed by atoms with E-state index in [1.54, 1.807) is 0 Å². The zero-order chi connectivity index (χ0) is 37.2. The Balaban J connectivity index is 1.15.